The van der Waals surface area contributed by atoms with Gasteiger partial charge in [-0.2, -0.15) is 0 Å². The summed E-state index contributed by atoms with van der Waals surface area (Å²) in [5.74, 6) is 0.627. The number of sulfonamides is 1. The van der Waals surface area contributed by atoms with Crippen LogP contribution in [0.4, 0.5) is 5.69 Å². The molecule has 0 saturated carbocycles. The Morgan fingerprint density at radius 1 is 1.19 bits per heavy atom. The van der Waals surface area contributed by atoms with Crippen molar-refractivity contribution >= 4 is 27.0 Å². The van der Waals surface area contributed by atoms with E-state index >= 15 is 0 Å². The molecule has 0 radical (unpaired) electrons. The summed E-state index contributed by atoms with van der Waals surface area (Å²) in [5, 5.41) is 3.96. The van der Waals surface area contributed by atoms with E-state index < -0.39 is 10.0 Å². The molecule has 2 aromatic heterocycles. The second-order valence-electron chi connectivity index (χ2n) is 6.32. The predicted octanol–water partition coefficient (Wildman–Crippen LogP) is 5.00. The first-order valence-corrected chi connectivity index (χ1v) is 10.7. The maximum absolute atomic E-state index is 13.0. The number of anilines is 1. The molecular formula is C19H22N2O3S2. The number of para-hydroxylation sites is 1. The molecule has 0 amide bonds. The molecule has 0 aliphatic carbocycles. The summed E-state index contributed by atoms with van der Waals surface area (Å²) in [6, 6.07) is 7.45. The molecule has 0 atom stereocenters. The van der Waals surface area contributed by atoms with Crippen LogP contribution in [0.1, 0.15) is 34.2 Å². The molecule has 26 heavy (non-hydrogen) atoms. The van der Waals surface area contributed by atoms with Crippen molar-refractivity contribution in [3.8, 4) is 10.6 Å². The van der Waals surface area contributed by atoms with Gasteiger partial charge < -0.3 is 4.52 Å². The molecule has 7 heteroatoms. The normalized spacial score (nSPS) is 11.7. The van der Waals surface area contributed by atoms with Crippen molar-refractivity contribution in [2.45, 2.75) is 45.9 Å². The van der Waals surface area contributed by atoms with Crippen LogP contribution in [0.15, 0.2) is 33.7 Å². The minimum absolute atomic E-state index is 0.274. The fraction of sp³-hybridized carbons (Fsp3) is 0.316. The fourth-order valence-corrected chi connectivity index (χ4v) is 5.65. The number of nitrogens with one attached hydrogen (secondary N) is 1. The molecule has 0 saturated heterocycles. The monoisotopic (exact) mass is 390 g/mol. The van der Waals surface area contributed by atoms with Crippen LogP contribution in [0.25, 0.3) is 10.6 Å². The molecule has 0 aliphatic heterocycles. The zero-order chi connectivity index (χ0) is 19.1. The Hall–Kier alpha value is -2.12. The lowest BCUT2D eigenvalue weighted by Crippen LogP contribution is -2.15. The largest absolute Gasteiger partial charge is 0.355 e. The third kappa shape index (κ3) is 3.29. The van der Waals surface area contributed by atoms with Crippen LogP contribution in [0.3, 0.4) is 0 Å². The second-order valence-corrected chi connectivity index (χ2v) is 9.23. The molecule has 0 spiro atoms. The van der Waals surface area contributed by atoms with Gasteiger partial charge in [-0.25, -0.2) is 8.42 Å². The van der Waals surface area contributed by atoms with Crippen molar-refractivity contribution in [2.24, 2.45) is 0 Å². The number of aryl methyl sites for hydroxylation is 4. The number of benzene rings is 1. The van der Waals surface area contributed by atoms with E-state index in [0.717, 1.165) is 33.7 Å². The SMILES string of the molecule is CCc1cccc(C)c1NS(=O)(=O)c1cc(-c2onc(C)c2C)sc1C. The van der Waals surface area contributed by atoms with E-state index in [4.69, 9.17) is 4.52 Å². The fourth-order valence-electron chi connectivity index (χ4n) is 2.85. The van der Waals surface area contributed by atoms with Crippen molar-refractivity contribution in [2.75, 3.05) is 4.72 Å². The first-order chi connectivity index (χ1) is 12.2. The predicted molar refractivity (Wildman–Crippen MR) is 105 cm³/mol. The van der Waals surface area contributed by atoms with Crippen LogP contribution in [0.5, 0.6) is 0 Å². The molecule has 0 fully saturated rings. The number of aromatic nitrogens is 1. The van der Waals surface area contributed by atoms with Gasteiger partial charge in [0.1, 0.15) is 4.90 Å². The molecule has 0 aliphatic rings. The Balaban J connectivity index is 2.03. The van der Waals surface area contributed by atoms with Gasteiger partial charge in [-0.15, -0.1) is 11.3 Å². The highest BCUT2D eigenvalue weighted by atomic mass is 32.2. The van der Waals surface area contributed by atoms with Crippen molar-refractivity contribution in [1.29, 1.82) is 0 Å². The Labute approximate surface area is 158 Å². The van der Waals surface area contributed by atoms with Crippen LogP contribution in [0, 0.1) is 27.7 Å². The lowest BCUT2D eigenvalue weighted by molar-refractivity contribution is 0.427. The average molecular weight is 391 g/mol. The summed E-state index contributed by atoms with van der Waals surface area (Å²) >= 11 is 1.39. The Bertz CT molecular complexity index is 1060. The molecule has 3 rings (SSSR count). The Kier molecular flexibility index (Phi) is 4.94. The lowest BCUT2D eigenvalue weighted by Gasteiger charge is -2.14. The Morgan fingerprint density at radius 3 is 2.54 bits per heavy atom. The number of hydrogen-bond donors (Lipinski definition) is 1. The summed E-state index contributed by atoms with van der Waals surface area (Å²) in [6.07, 6.45) is 0.754. The van der Waals surface area contributed by atoms with Crippen LogP contribution in [0.2, 0.25) is 0 Å². The summed E-state index contributed by atoms with van der Waals surface area (Å²) in [7, 11) is -3.69. The topological polar surface area (TPSA) is 72.2 Å². The number of hydrogen-bond acceptors (Lipinski definition) is 5. The van der Waals surface area contributed by atoms with Gasteiger partial charge in [0.15, 0.2) is 5.76 Å². The zero-order valence-electron chi connectivity index (χ0n) is 15.5. The van der Waals surface area contributed by atoms with E-state index in [1.807, 2.05) is 45.9 Å². The van der Waals surface area contributed by atoms with Crippen LogP contribution < -0.4 is 4.72 Å². The molecule has 0 unspecified atom stereocenters. The molecule has 5 nitrogen and oxygen atoms in total. The number of rotatable bonds is 5. The zero-order valence-corrected chi connectivity index (χ0v) is 17.1. The van der Waals surface area contributed by atoms with Crippen molar-refractivity contribution in [3.05, 3.63) is 51.5 Å². The Morgan fingerprint density at radius 2 is 1.92 bits per heavy atom. The summed E-state index contributed by atoms with van der Waals surface area (Å²) in [6.45, 7) is 9.51. The van der Waals surface area contributed by atoms with E-state index in [1.165, 1.54) is 11.3 Å². The van der Waals surface area contributed by atoms with Crippen molar-refractivity contribution in [1.82, 2.24) is 5.16 Å². The van der Waals surface area contributed by atoms with Gasteiger partial charge in [0.25, 0.3) is 10.0 Å². The molecule has 1 N–H and O–H groups in total. The summed E-state index contributed by atoms with van der Waals surface area (Å²) < 4.78 is 34.2. The average Bonchev–Trinajstić information content (AvgIpc) is 3.13. The first-order valence-electron chi connectivity index (χ1n) is 8.39. The molecule has 1 aromatic carbocycles. The maximum Gasteiger partial charge on any atom is 0.263 e. The van der Waals surface area contributed by atoms with E-state index in [-0.39, 0.29) is 4.90 Å². The van der Waals surface area contributed by atoms with Crippen molar-refractivity contribution < 1.29 is 12.9 Å². The van der Waals surface area contributed by atoms with Crippen LogP contribution >= 0.6 is 11.3 Å². The third-order valence-electron chi connectivity index (χ3n) is 4.52. The molecule has 3 aromatic rings. The van der Waals surface area contributed by atoms with Gasteiger partial charge in [0.05, 0.1) is 16.3 Å². The highest BCUT2D eigenvalue weighted by Crippen LogP contribution is 2.37. The van der Waals surface area contributed by atoms with Gasteiger partial charge in [0.2, 0.25) is 0 Å². The highest BCUT2D eigenvalue weighted by molar-refractivity contribution is 7.93. The quantitative estimate of drug-likeness (QED) is 0.665. The van der Waals surface area contributed by atoms with Crippen molar-refractivity contribution in [3.63, 3.8) is 0 Å². The number of nitrogens with zero attached hydrogens (tertiary/aromatic N) is 1. The summed E-state index contributed by atoms with van der Waals surface area (Å²) in [4.78, 5) is 1.75. The summed E-state index contributed by atoms with van der Waals surface area (Å²) in [5.41, 5.74) is 4.27. The van der Waals surface area contributed by atoms with Gasteiger partial charge in [-0.3, -0.25) is 4.72 Å². The van der Waals surface area contributed by atoms with Gasteiger partial charge in [-0.05, 0) is 51.3 Å². The molecule has 0 bridgehead atoms. The molecule has 138 valence electrons. The van der Waals surface area contributed by atoms with E-state index in [9.17, 15) is 8.42 Å². The molecular weight excluding hydrogens is 368 g/mol. The van der Waals surface area contributed by atoms with Gasteiger partial charge in [-0.1, -0.05) is 30.3 Å². The highest BCUT2D eigenvalue weighted by Gasteiger charge is 2.24. The van der Waals surface area contributed by atoms with Gasteiger partial charge in [0, 0.05) is 10.4 Å². The minimum atomic E-state index is -3.69. The molecule has 2 heterocycles. The minimum Gasteiger partial charge on any atom is -0.355 e. The van der Waals surface area contributed by atoms with Gasteiger partial charge >= 0.3 is 0 Å². The standard InChI is InChI=1S/C19H22N2O3S2/c1-6-15-9-7-8-11(2)18(15)21-26(22,23)17-10-16(25-14(17)5)19-12(3)13(4)20-24-19/h7-10,21H,6H2,1-5H3. The van der Waals surface area contributed by atoms with E-state index in [1.54, 1.807) is 13.0 Å². The lowest BCUT2D eigenvalue weighted by atomic mass is 10.1. The second kappa shape index (κ2) is 6.89. The van der Waals surface area contributed by atoms with Crippen LogP contribution in [-0.4, -0.2) is 13.6 Å². The van der Waals surface area contributed by atoms with E-state index in [0.29, 0.717) is 16.3 Å². The first kappa shape index (κ1) is 18.7. The number of thiophene rings is 1. The smallest absolute Gasteiger partial charge is 0.263 e. The van der Waals surface area contributed by atoms with E-state index in [2.05, 4.69) is 9.88 Å². The maximum atomic E-state index is 13.0. The third-order valence-corrected chi connectivity index (χ3v) is 7.17. The van der Waals surface area contributed by atoms with Crippen LogP contribution in [-0.2, 0) is 16.4 Å².